The number of amides is 3. The molecule has 0 aliphatic rings. The van der Waals surface area contributed by atoms with Crippen LogP contribution in [0.15, 0.2) is 71.3 Å². The molecule has 1 heterocycles. The van der Waals surface area contributed by atoms with E-state index in [0.717, 1.165) is 0 Å². The van der Waals surface area contributed by atoms with E-state index in [9.17, 15) is 14.4 Å². The third-order valence-corrected chi connectivity index (χ3v) is 4.37. The van der Waals surface area contributed by atoms with Crippen molar-refractivity contribution in [3.8, 4) is 5.75 Å². The van der Waals surface area contributed by atoms with Gasteiger partial charge in [-0.1, -0.05) is 6.07 Å². The Balaban J connectivity index is 1.41. The van der Waals surface area contributed by atoms with Crippen LogP contribution >= 0.6 is 0 Å². The molecule has 0 aliphatic heterocycles. The van der Waals surface area contributed by atoms with E-state index in [2.05, 4.69) is 16.0 Å². The van der Waals surface area contributed by atoms with E-state index in [1.807, 2.05) is 0 Å². The van der Waals surface area contributed by atoms with Crippen molar-refractivity contribution >= 4 is 29.1 Å². The van der Waals surface area contributed by atoms with Gasteiger partial charge in [-0.25, -0.2) is 0 Å². The fraction of sp³-hybridized carbons (Fsp3) is 0.174. The van der Waals surface area contributed by atoms with Crippen LogP contribution in [0, 0.1) is 0 Å². The molecule has 0 saturated carbocycles. The van der Waals surface area contributed by atoms with Gasteiger partial charge >= 0.3 is 0 Å². The van der Waals surface area contributed by atoms with Crippen LogP contribution in [0.5, 0.6) is 5.75 Å². The molecule has 0 aliphatic carbocycles. The van der Waals surface area contributed by atoms with Crippen LogP contribution in [0.2, 0.25) is 0 Å². The Hall–Kier alpha value is -4.07. The Kier molecular flexibility index (Phi) is 7.42. The van der Waals surface area contributed by atoms with Crippen LogP contribution < -0.4 is 20.7 Å². The number of anilines is 2. The van der Waals surface area contributed by atoms with Gasteiger partial charge in [0.15, 0.2) is 5.76 Å². The highest BCUT2D eigenvalue weighted by atomic mass is 16.5. The van der Waals surface area contributed by atoms with Gasteiger partial charge in [0, 0.05) is 29.9 Å². The highest BCUT2D eigenvalue weighted by molar-refractivity contribution is 6.02. The van der Waals surface area contributed by atoms with Crippen LogP contribution in [0.1, 0.15) is 33.8 Å². The minimum atomic E-state index is -0.374. The Morgan fingerprint density at radius 3 is 2.32 bits per heavy atom. The molecule has 0 radical (unpaired) electrons. The monoisotopic (exact) mass is 421 g/mol. The van der Waals surface area contributed by atoms with Crippen LogP contribution in [0.25, 0.3) is 0 Å². The minimum Gasteiger partial charge on any atom is -0.497 e. The van der Waals surface area contributed by atoms with Gasteiger partial charge in [0.2, 0.25) is 5.91 Å². The number of carbonyl (C=O) groups is 3. The standard InChI is InChI=1S/C23H23N3O5/c1-30-19-11-9-16(10-12-19)22(28)24-13-3-8-21(27)25-17-5-2-6-18(15-17)26-23(29)20-7-4-14-31-20/h2,4-7,9-12,14-15H,3,8,13H2,1H3,(H,24,28)(H,25,27)(H,26,29). The van der Waals surface area contributed by atoms with E-state index in [-0.39, 0.29) is 29.9 Å². The first-order valence-electron chi connectivity index (χ1n) is 9.72. The van der Waals surface area contributed by atoms with Gasteiger partial charge in [-0.3, -0.25) is 14.4 Å². The predicted octanol–water partition coefficient (Wildman–Crippen LogP) is 3.69. The molecule has 0 fully saturated rings. The number of nitrogens with one attached hydrogen (secondary N) is 3. The van der Waals surface area contributed by atoms with Crippen molar-refractivity contribution in [1.82, 2.24) is 5.32 Å². The van der Waals surface area contributed by atoms with Gasteiger partial charge in [-0.15, -0.1) is 0 Å². The number of benzene rings is 2. The highest BCUT2D eigenvalue weighted by Gasteiger charge is 2.10. The fourth-order valence-corrected chi connectivity index (χ4v) is 2.79. The van der Waals surface area contributed by atoms with Gasteiger partial charge in [-0.05, 0) is 61.0 Å². The summed E-state index contributed by atoms with van der Waals surface area (Å²) in [7, 11) is 1.56. The molecule has 31 heavy (non-hydrogen) atoms. The second-order valence-electron chi connectivity index (χ2n) is 6.65. The lowest BCUT2D eigenvalue weighted by atomic mass is 10.2. The van der Waals surface area contributed by atoms with Gasteiger partial charge in [-0.2, -0.15) is 0 Å². The van der Waals surface area contributed by atoms with Crippen LogP contribution in [-0.4, -0.2) is 31.4 Å². The molecular formula is C23H23N3O5. The van der Waals surface area contributed by atoms with E-state index >= 15 is 0 Å². The molecule has 160 valence electrons. The largest absolute Gasteiger partial charge is 0.497 e. The van der Waals surface area contributed by atoms with E-state index in [0.29, 0.717) is 35.7 Å². The maximum atomic E-state index is 12.2. The number of carbonyl (C=O) groups excluding carboxylic acids is 3. The van der Waals surface area contributed by atoms with Gasteiger partial charge in [0.05, 0.1) is 13.4 Å². The van der Waals surface area contributed by atoms with Crippen molar-refractivity contribution < 1.29 is 23.5 Å². The maximum Gasteiger partial charge on any atom is 0.291 e. The molecule has 0 atom stereocenters. The Bertz CT molecular complexity index is 1030. The molecule has 0 bridgehead atoms. The third kappa shape index (κ3) is 6.46. The average molecular weight is 421 g/mol. The van der Waals surface area contributed by atoms with Gasteiger partial charge in [0.25, 0.3) is 11.8 Å². The van der Waals surface area contributed by atoms with Gasteiger partial charge < -0.3 is 25.1 Å². The molecule has 3 amide bonds. The lowest BCUT2D eigenvalue weighted by Crippen LogP contribution is -2.25. The van der Waals surface area contributed by atoms with Gasteiger partial charge in [0.1, 0.15) is 5.75 Å². The topological polar surface area (TPSA) is 110 Å². The van der Waals surface area contributed by atoms with Crippen molar-refractivity contribution in [2.45, 2.75) is 12.8 Å². The van der Waals surface area contributed by atoms with E-state index in [4.69, 9.17) is 9.15 Å². The number of hydrogen-bond acceptors (Lipinski definition) is 5. The molecule has 3 N–H and O–H groups in total. The first-order valence-corrected chi connectivity index (χ1v) is 9.72. The number of furan rings is 1. The number of hydrogen-bond donors (Lipinski definition) is 3. The summed E-state index contributed by atoms with van der Waals surface area (Å²) in [6.07, 6.45) is 2.15. The van der Waals surface area contributed by atoms with Crippen molar-refractivity contribution in [3.05, 3.63) is 78.3 Å². The summed E-state index contributed by atoms with van der Waals surface area (Å²) in [6.45, 7) is 0.373. The number of ether oxygens (including phenoxy) is 1. The molecule has 1 aromatic heterocycles. The van der Waals surface area contributed by atoms with E-state index in [1.165, 1.54) is 6.26 Å². The van der Waals surface area contributed by atoms with Crippen LogP contribution in [0.3, 0.4) is 0 Å². The third-order valence-electron chi connectivity index (χ3n) is 4.37. The van der Waals surface area contributed by atoms with E-state index < -0.39 is 0 Å². The molecular weight excluding hydrogens is 398 g/mol. The summed E-state index contributed by atoms with van der Waals surface area (Å²) >= 11 is 0. The van der Waals surface area contributed by atoms with Crippen molar-refractivity contribution in [2.24, 2.45) is 0 Å². The lowest BCUT2D eigenvalue weighted by molar-refractivity contribution is -0.116. The zero-order valence-corrected chi connectivity index (χ0v) is 17.0. The smallest absolute Gasteiger partial charge is 0.291 e. The molecule has 2 aromatic carbocycles. The summed E-state index contributed by atoms with van der Waals surface area (Å²) in [4.78, 5) is 36.3. The number of methoxy groups -OCH3 is 1. The minimum absolute atomic E-state index is 0.187. The molecule has 3 rings (SSSR count). The SMILES string of the molecule is COc1ccc(C(=O)NCCCC(=O)Nc2cccc(NC(=O)c3ccco3)c2)cc1. The first-order chi connectivity index (χ1) is 15.0. The molecule has 8 nitrogen and oxygen atoms in total. The summed E-state index contributed by atoms with van der Waals surface area (Å²) in [5.41, 5.74) is 1.62. The summed E-state index contributed by atoms with van der Waals surface area (Å²) < 4.78 is 10.1. The van der Waals surface area contributed by atoms with Crippen LogP contribution in [0.4, 0.5) is 11.4 Å². The maximum absolute atomic E-state index is 12.2. The molecule has 0 unspecified atom stereocenters. The molecule has 0 spiro atoms. The quantitative estimate of drug-likeness (QED) is 0.457. The Morgan fingerprint density at radius 1 is 0.903 bits per heavy atom. The average Bonchev–Trinajstić information content (AvgIpc) is 3.32. The van der Waals surface area contributed by atoms with Crippen molar-refractivity contribution in [3.63, 3.8) is 0 Å². The Labute approximate surface area is 179 Å². The normalized spacial score (nSPS) is 10.2. The predicted molar refractivity (Wildman–Crippen MR) is 116 cm³/mol. The summed E-state index contributed by atoms with van der Waals surface area (Å²) in [5.74, 6) is 0.112. The molecule has 3 aromatic rings. The zero-order valence-electron chi connectivity index (χ0n) is 17.0. The van der Waals surface area contributed by atoms with Crippen molar-refractivity contribution in [2.75, 3.05) is 24.3 Å². The van der Waals surface area contributed by atoms with Crippen LogP contribution in [-0.2, 0) is 4.79 Å². The fourth-order valence-electron chi connectivity index (χ4n) is 2.79. The zero-order chi connectivity index (χ0) is 22.1. The number of rotatable bonds is 9. The lowest BCUT2D eigenvalue weighted by Gasteiger charge is -2.09. The molecule has 8 heteroatoms. The van der Waals surface area contributed by atoms with Crippen molar-refractivity contribution in [1.29, 1.82) is 0 Å². The molecule has 0 saturated heterocycles. The van der Waals surface area contributed by atoms with E-state index in [1.54, 1.807) is 67.8 Å². The first kappa shape index (κ1) is 21.6. The summed E-state index contributed by atoms with van der Waals surface area (Å²) in [5, 5.41) is 8.27. The highest BCUT2D eigenvalue weighted by Crippen LogP contribution is 2.17. The summed E-state index contributed by atoms with van der Waals surface area (Å²) in [6, 6.07) is 16.8. The second-order valence-corrected chi connectivity index (χ2v) is 6.65. The Morgan fingerprint density at radius 2 is 1.65 bits per heavy atom. The second kappa shape index (κ2) is 10.6.